The first-order valence-corrected chi connectivity index (χ1v) is 2.33. The van der Waals surface area contributed by atoms with Crippen LogP contribution in [-0.4, -0.2) is 12.8 Å². The third-order valence-corrected chi connectivity index (χ3v) is 0.625. The zero-order valence-electron chi connectivity index (χ0n) is 4.80. The van der Waals surface area contributed by atoms with Gasteiger partial charge in [0.1, 0.15) is 0 Å². The van der Waals surface area contributed by atoms with Gasteiger partial charge in [-0.05, 0) is 5.57 Å². The van der Waals surface area contributed by atoms with Gasteiger partial charge >= 0.3 is 0 Å². The second-order valence-corrected chi connectivity index (χ2v) is 1.32. The van der Waals surface area contributed by atoms with Crippen LogP contribution in [0.25, 0.3) is 0 Å². The van der Waals surface area contributed by atoms with Gasteiger partial charge in [0, 0.05) is 19.0 Å². The van der Waals surface area contributed by atoms with E-state index in [1.54, 1.807) is 6.21 Å². The molecule has 0 atom stereocenters. The van der Waals surface area contributed by atoms with Gasteiger partial charge in [-0.3, -0.25) is 4.99 Å². The Morgan fingerprint density at radius 1 is 1.75 bits per heavy atom. The van der Waals surface area contributed by atoms with Gasteiger partial charge in [-0.1, -0.05) is 13.2 Å². The third-order valence-electron chi connectivity index (χ3n) is 0.625. The Hall–Kier alpha value is -0.890. The van der Waals surface area contributed by atoms with Crippen LogP contribution in [0.15, 0.2) is 29.9 Å². The molecule has 0 aliphatic heterocycles. The highest BCUT2D eigenvalue weighted by atomic mass is 14.7. The number of rotatable bonds is 3. The predicted molar refractivity (Wildman–Crippen MR) is 36.9 cm³/mol. The van der Waals surface area contributed by atoms with Crippen LogP contribution in [0.5, 0.6) is 0 Å². The summed E-state index contributed by atoms with van der Waals surface area (Å²) in [6.07, 6.45) is 3.04. The lowest BCUT2D eigenvalue weighted by Gasteiger charge is -1.86. The molecule has 0 aliphatic carbocycles. The Balaban J connectivity index is 3.52. The highest BCUT2D eigenvalue weighted by Crippen LogP contribution is 1.78. The molecule has 0 saturated heterocycles. The van der Waals surface area contributed by atoms with Gasteiger partial charge in [-0.25, -0.2) is 0 Å². The quantitative estimate of drug-likeness (QED) is 0.534. The Morgan fingerprint density at radius 3 is 2.75 bits per heavy atom. The van der Waals surface area contributed by atoms with Crippen LogP contribution in [0.2, 0.25) is 0 Å². The standard InChI is InChI=1S/C6H10N2/c1-3-8-5-6(2)4-7/h3,5H,1-2,4,7H2. The summed E-state index contributed by atoms with van der Waals surface area (Å²) >= 11 is 0. The minimum absolute atomic E-state index is 0.456. The summed E-state index contributed by atoms with van der Waals surface area (Å²) in [4.78, 5) is 3.70. The molecule has 0 fully saturated rings. The molecule has 44 valence electrons. The van der Waals surface area contributed by atoms with Gasteiger partial charge in [0.25, 0.3) is 0 Å². The Morgan fingerprint density at radius 2 is 2.38 bits per heavy atom. The van der Waals surface area contributed by atoms with Crippen LogP contribution in [-0.2, 0) is 0 Å². The van der Waals surface area contributed by atoms with Crippen molar-refractivity contribution in [3.63, 3.8) is 0 Å². The molecule has 0 bridgehead atoms. The van der Waals surface area contributed by atoms with E-state index in [4.69, 9.17) is 5.73 Å². The van der Waals surface area contributed by atoms with Crippen LogP contribution in [0.3, 0.4) is 0 Å². The average molecular weight is 110 g/mol. The Labute approximate surface area is 49.4 Å². The van der Waals surface area contributed by atoms with Crippen molar-refractivity contribution >= 4 is 6.21 Å². The van der Waals surface area contributed by atoms with E-state index in [1.807, 2.05) is 0 Å². The summed E-state index contributed by atoms with van der Waals surface area (Å²) < 4.78 is 0. The maximum absolute atomic E-state index is 5.19. The molecule has 0 heterocycles. The van der Waals surface area contributed by atoms with E-state index in [9.17, 15) is 0 Å². The van der Waals surface area contributed by atoms with Crippen molar-refractivity contribution in [1.29, 1.82) is 0 Å². The third kappa shape index (κ3) is 3.31. The number of hydrogen-bond donors (Lipinski definition) is 1. The molecule has 0 aromatic rings. The molecule has 0 saturated carbocycles. The number of hydrogen-bond acceptors (Lipinski definition) is 2. The van der Waals surface area contributed by atoms with Crippen molar-refractivity contribution in [2.24, 2.45) is 10.7 Å². The zero-order chi connectivity index (χ0) is 6.41. The molecule has 0 aliphatic rings. The fourth-order valence-electron chi connectivity index (χ4n) is 0.211. The SMILES string of the molecule is C=CN=CC(=C)CN. The Bertz CT molecular complexity index is 114. The van der Waals surface area contributed by atoms with Gasteiger partial charge in [0.05, 0.1) is 0 Å². The number of aliphatic imine (C=N–C) groups is 1. The summed E-state index contributed by atoms with van der Waals surface area (Å²) in [7, 11) is 0. The van der Waals surface area contributed by atoms with E-state index in [1.165, 1.54) is 6.20 Å². The molecule has 2 nitrogen and oxygen atoms in total. The van der Waals surface area contributed by atoms with Gasteiger partial charge < -0.3 is 5.73 Å². The lowest BCUT2D eigenvalue weighted by Crippen LogP contribution is -2.01. The van der Waals surface area contributed by atoms with E-state index in [2.05, 4.69) is 18.2 Å². The van der Waals surface area contributed by atoms with Crippen LogP contribution < -0.4 is 5.73 Å². The van der Waals surface area contributed by atoms with E-state index < -0.39 is 0 Å². The van der Waals surface area contributed by atoms with Gasteiger partial charge in [0.2, 0.25) is 0 Å². The number of nitrogens with zero attached hydrogens (tertiary/aromatic N) is 1. The van der Waals surface area contributed by atoms with E-state index in [-0.39, 0.29) is 0 Å². The molecule has 2 N–H and O–H groups in total. The van der Waals surface area contributed by atoms with Crippen LogP contribution >= 0.6 is 0 Å². The smallest absolute Gasteiger partial charge is 0.0306 e. The zero-order valence-corrected chi connectivity index (χ0v) is 4.80. The van der Waals surface area contributed by atoms with Crippen LogP contribution in [0, 0.1) is 0 Å². The molecule has 0 aromatic carbocycles. The molecule has 8 heavy (non-hydrogen) atoms. The molecule has 0 spiro atoms. The van der Waals surface area contributed by atoms with Crippen LogP contribution in [0.1, 0.15) is 0 Å². The average Bonchev–Trinajstić information content (AvgIpc) is 1.83. The largest absolute Gasteiger partial charge is 0.326 e. The molecule has 2 heteroatoms. The molecule has 0 unspecified atom stereocenters. The van der Waals surface area contributed by atoms with Crippen molar-refractivity contribution in [3.8, 4) is 0 Å². The van der Waals surface area contributed by atoms with Gasteiger partial charge in [0.15, 0.2) is 0 Å². The molecular weight excluding hydrogens is 100 g/mol. The summed E-state index contributed by atoms with van der Waals surface area (Å²) in [6.45, 7) is 7.43. The van der Waals surface area contributed by atoms with Gasteiger partial charge in [-0.15, -0.1) is 0 Å². The van der Waals surface area contributed by atoms with Crippen molar-refractivity contribution in [2.45, 2.75) is 0 Å². The monoisotopic (exact) mass is 110 g/mol. The van der Waals surface area contributed by atoms with E-state index in [0.29, 0.717) is 6.54 Å². The number of nitrogens with two attached hydrogens (primary N) is 1. The van der Waals surface area contributed by atoms with Gasteiger partial charge in [-0.2, -0.15) is 0 Å². The minimum atomic E-state index is 0.456. The maximum atomic E-state index is 5.19. The van der Waals surface area contributed by atoms with Crippen LogP contribution in [0.4, 0.5) is 0 Å². The first-order valence-electron chi connectivity index (χ1n) is 2.33. The first-order chi connectivity index (χ1) is 3.81. The lowest BCUT2D eigenvalue weighted by molar-refractivity contribution is 1.22. The molecule has 0 amide bonds. The Kier molecular flexibility index (Phi) is 3.80. The highest BCUT2D eigenvalue weighted by Gasteiger charge is 1.77. The van der Waals surface area contributed by atoms with Crippen molar-refractivity contribution in [1.82, 2.24) is 0 Å². The second kappa shape index (κ2) is 4.27. The molecule has 0 rings (SSSR count). The van der Waals surface area contributed by atoms with E-state index >= 15 is 0 Å². The normalized spacial score (nSPS) is 9.62. The first kappa shape index (κ1) is 7.11. The molecule has 0 aromatic heterocycles. The highest BCUT2D eigenvalue weighted by molar-refractivity contribution is 5.78. The summed E-state index contributed by atoms with van der Waals surface area (Å²) in [5.41, 5.74) is 6.00. The lowest BCUT2D eigenvalue weighted by atomic mass is 10.3. The van der Waals surface area contributed by atoms with Crippen molar-refractivity contribution in [3.05, 3.63) is 24.9 Å². The fraction of sp³-hybridized carbons (Fsp3) is 0.167. The summed E-state index contributed by atoms with van der Waals surface area (Å²) in [5.74, 6) is 0. The predicted octanol–water partition coefficient (Wildman–Crippen LogP) is 0.716. The summed E-state index contributed by atoms with van der Waals surface area (Å²) in [5, 5.41) is 0. The van der Waals surface area contributed by atoms with Crippen molar-refractivity contribution < 1.29 is 0 Å². The van der Waals surface area contributed by atoms with Crippen molar-refractivity contribution in [2.75, 3.05) is 6.54 Å². The second-order valence-electron chi connectivity index (χ2n) is 1.32. The summed E-state index contributed by atoms with van der Waals surface area (Å²) in [6, 6.07) is 0. The topological polar surface area (TPSA) is 38.4 Å². The fourth-order valence-corrected chi connectivity index (χ4v) is 0.211. The van der Waals surface area contributed by atoms with E-state index in [0.717, 1.165) is 5.57 Å². The molecule has 0 radical (unpaired) electrons. The minimum Gasteiger partial charge on any atom is -0.326 e. The molecular formula is C6H10N2. The maximum Gasteiger partial charge on any atom is 0.0306 e.